The molecule has 5 rings (SSSR count). The van der Waals surface area contributed by atoms with Gasteiger partial charge in [0.1, 0.15) is 36.6 Å². The number of hydrogen-bond acceptors (Lipinski definition) is 21. The topological polar surface area (TPSA) is 445 Å². The lowest BCUT2D eigenvalue weighted by Gasteiger charge is -2.22. The van der Waals surface area contributed by atoms with E-state index in [1.54, 1.807) is 0 Å². The largest absolute Gasteiger partial charge is 0.490 e. The Morgan fingerprint density at radius 3 is 2.05 bits per heavy atom. The van der Waals surface area contributed by atoms with E-state index in [0.29, 0.717) is 4.57 Å². The van der Waals surface area contributed by atoms with Crippen LogP contribution in [0.2, 0.25) is 0 Å². The van der Waals surface area contributed by atoms with Gasteiger partial charge in [0, 0.05) is 19.9 Å². The Hall–Kier alpha value is -3.15. The highest BCUT2D eigenvalue weighted by atomic mass is 31.3. The van der Waals surface area contributed by atoms with Crippen LogP contribution in [-0.2, 0) is 61.5 Å². The van der Waals surface area contributed by atoms with Crippen LogP contribution in [0.15, 0.2) is 33.0 Å². The Bertz CT molecular complexity index is 2420. The maximum Gasteiger partial charge on any atom is 0.490 e. The van der Waals surface area contributed by atoms with Crippen LogP contribution < -0.4 is 32.8 Å². The molecule has 3 aromatic heterocycles. The van der Waals surface area contributed by atoms with Gasteiger partial charge in [0.15, 0.2) is 12.6 Å². The summed E-state index contributed by atoms with van der Waals surface area (Å²) in [6.45, 7) is -2.25. The highest BCUT2D eigenvalue weighted by molar-refractivity contribution is 7.69. The van der Waals surface area contributed by atoms with Crippen LogP contribution >= 0.6 is 31.3 Å². The molecular weight excluding hydrogens is 876 g/mol. The van der Waals surface area contributed by atoms with Gasteiger partial charge in [-0.3, -0.25) is 37.7 Å². The first-order chi connectivity index (χ1) is 26.9. The molecule has 3 aromatic rings. The third-order valence-corrected chi connectivity index (χ3v) is 14.0. The summed E-state index contributed by atoms with van der Waals surface area (Å²) in [5, 5.41) is 31.8. The monoisotopic (exact) mass is 913 g/mol. The lowest BCUT2D eigenvalue weighted by molar-refractivity contribution is -0.745. The molecule has 30 nitrogen and oxygen atoms in total. The van der Waals surface area contributed by atoms with Gasteiger partial charge in [-0.15, -0.1) is 0 Å². The van der Waals surface area contributed by atoms with Crippen LogP contribution in [0.1, 0.15) is 18.0 Å². The number of phosphoric acid groups is 4. The van der Waals surface area contributed by atoms with E-state index in [2.05, 4.69) is 31.9 Å². The zero-order chi connectivity index (χ0) is 43.1. The number of hydrogen-bond donors (Lipinski definition) is 11. The molecule has 34 heteroatoms. The second-order valence-electron chi connectivity index (χ2n) is 12.2. The number of rotatable bonds is 17. The van der Waals surface area contributed by atoms with Gasteiger partial charge in [0.05, 0.1) is 25.8 Å². The van der Waals surface area contributed by atoms with Gasteiger partial charge < -0.3 is 60.6 Å². The van der Waals surface area contributed by atoms with Crippen molar-refractivity contribution in [3.63, 3.8) is 0 Å². The molecule has 0 amide bonds. The third-order valence-electron chi connectivity index (χ3n) is 8.11. The van der Waals surface area contributed by atoms with Gasteiger partial charge in [0.25, 0.3) is 17.1 Å². The van der Waals surface area contributed by atoms with Crippen LogP contribution in [0.5, 0.6) is 0 Å². The number of nitrogens with two attached hydrogens (primary N) is 2. The smallest absolute Gasteiger partial charge is 0.387 e. The van der Waals surface area contributed by atoms with Crippen LogP contribution in [0.25, 0.3) is 17.2 Å². The van der Waals surface area contributed by atoms with E-state index in [-0.39, 0.29) is 29.2 Å². The van der Waals surface area contributed by atoms with Crippen LogP contribution in [-0.4, -0.2) is 122 Å². The van der Waals surface area contributed by atoms with E-state index >= 15 is 0 Å². The van der Waals surface area contributed by atoms with Crippen molar-refractivity contribution in [2.24, 2.45) is 12.8 Å². The minimum absolute atomic E-state index is 0.0165. The zero-order valence-corrected chi connectivity index (χ0v) is 33.1. The number of ether oxygens (including phenoxy) is 3. The molecule has 0 spiro atoms. The first-order valence-corrected chi connectivity index (χ1v) is 22.0. The number of H-pyrrole nitrogens is 2. The highest BCUT2D eigenvalue weighted by Crippen LogP contribution is 2.71. The molecule has 2 aliphatic rings. The summed E-state index contributed by atoms with van der Waals surface area (Å²) in [4.78, 5) is 85.1. The number of phosphoric ester groups is 2. The van der Waals surface area contributed by atoms with Crippen molar-refractivity contribution in [3.8, 4) is 0 Å². The van der Waals surface area contributed by atoms with Crippen molar-refractivity contribution in [3.05, 3.63) is 55.4 Å². The molecule has 0 bridgehead atoms. The van der Waals surface area contributed by atoms with Gasteiger partial charge >= 0.3 is 42.6 Å². The molecule has 2 fully saturated rings. The summed E-state index contributed by atoms with van der Waals surface area (Å²) in [5.41, 5.74) is 8.28. The second-order valence-corrected chi connectivity index (χ2v) is 18.4. The standard InChI is InChI=1S/C24H36N8O22P4/c1-30-9-32(18-13(30)20(37)28-23(26)27-18)22-16(35)17(47-2)12(51-22)8-49-56(41,42)53-58(45,46)54-57(43,44)52-55(39,40)48-7-11-14(33)15(34)21(50-11)31-6-10(4-3-5-25)19(36)29-24(31)38/h3-4,6,9,11-12,14-17,21-22,33-35H,5,7-8,25H2,1-2H3,(H7-,26,27,28,29,36,37,38,39,40,41,42,43,44,45,46)/p+1/t11-,12-,14+,15?,16?,17?,21-,22-/m1/s1. The summed E-state index contributed by atoms with van der Waals surface area (Å²) in [5.74, 6) is -0.279. The van der Waals surface area contributed by atoms with E-state index in [0.717, 1.165) is 13.3 Å². The van der Waals surface area contributed by atoms with E-state index in [1.807, 2.05) is 4.98 Å². The maximum absolute atomic E-state index is 12.6. The maximum atomic E-state index is 12.6. The Morgan fingerprint density at radius 1 is 0.879 bits per heavy atom. The van der Waals surface area contributed by atoms with E-state index < -0.39 is 110 Å². The molecule has 2 saturated heterocycles. The fourth-order valence-electron chi connectivity index (χ4n) is 5.73. The molecule has 0 saturated carbocycles. The highest BCUT2D eigenvalue weighted by Gasteiger charge is 2.51. The molecule has 0 radical (unpaired) electrons. The molecule has 0 aromatic carbocycles. The van der Waals surface area contributed by atoms with Crippen molar-refractivity contribution >= 4 is 54.5 Å². The summed E-state index contributed by atoms with van der Waals surface area (Å²) in [7, 11) is -21.6. The van der Waals surface area contributed by atoms with Crippen LogP contribution in [0.4, 0.5) is 5.95 Å². The molecule has 5 heterocycles. The Morgan fingerprint density at radius 2 is 1.47 bits per heavy atom. The zero-order valence-electron chi connectivity index (χ0n) is 29.5. The lowest BCUT2D eigenvalue weighted by Crippen LogP contribution is -2.46. The SMILES string of the molecule is COC1C(O)[C@H]([n+]2cn(C)c3c(=O)[nH]c(N)nc32)O[C@@H]1COP(=O)(O)OP(=O)(O)OP(=O)(O)OP(=O)(O)OC[C@H]1O[C@@H](n2cc(C=CCN)c(=O)[nH]c2=O)C(O)[C@H]1O. The Balaban J connectivity index is 1.17. The molecule has 13 N–H and O–H groups in total. The number of fused-ring (bicyclic) bond motifs is 1. The van der Waals surface area contributed by atoms with Gasteiger partial charge in [-0.05, 0) is 0 Å². The number of nitrogens with one attached hydrogen (secondary N) is 2. The predicted molar refractivity (Wildman–Crippen MR) is 186 cm³/mol. The lowest BCUT2D eigenvalue weighted by atomic mass is 10.1. The molecule has 0 aliphatic carbocycles. The molecule has 58 heavy (non-hydrogen) atoms. The van der Waals surface area contributed by atoms with Gasteiger partial charge in [-0.25, -0.2) is 27.6 Å². The number of methoxy groups -OCH3 is 1. The van der Waals surface area contributed by atoms with Gasteiger partial charge in [0.2, 0.25) is 11.7 Å². The minimum atomic E-state index is -6.26. The molecule has 2 aliphatic heterocycles. The number of aliphatic hydroxyl groups excluding tert-OH is 3. The van der Waals surface area contributed by atoms with E-state index in [1.165, 1.54) is 34.7 Å². The number of aliphatic hydroxyl groups is 3. The predicted octanol–water partition coefficient (Wildman–Crippen LogP) is -3.97. The number of aromatic amines is 2. The second kappa shape index (κ2) is 17.4. The van der Waals surface area contributed by atoms with Crippen LogP contribution in [0.3, 0.4) is 0 Å². The number of nitrogens with zero attached hydrogens (tertiary/aromatic N) is 4. The third kappa shape index (κ3) is 10.4. The first-order valence-electron chi connectivity index (χ1n) is 16.0. The van der Waals surface area contributed by atoms with Crippen molar-refractivity contribution in [2.75, 3.05) is 32.6 Å². The van der Waals surface area contributed by atoms with E-state index in [9.17, 15) is 67.5 Å². The van der Waals surface area contributed by atoms with Gasteiger partial charge in [-0.2, -0.15) is 12.9 Å². The summed E-state index contributed by atoms with van der Waals surface area (Å²) in [6.07, 6.45) is -8.25. The van der Waals surface area contributed by atoms with Gasteiger partial charge in [-0.1, -0.05) is 17.1 Å². The molecular formula is C24H37N8O22P4+. The number of aromatic nitrogens is 6. The quantitative estimate of drug-likeness (QED) is 0.0454. The number of aryl methyl sites for hydroxylation is 1. The molecule has 324 valence electrons. The number of nitrogen functional groups attached to an aromatic ring is 1. The number of anilines is 1. The van der Waals surface area contributed by atoms with Crippen molar-refractivity contribution in [2.45, 2.75) is 49.1 Å². The summed E-state index contributed by atoms with van der Waals surface area (Å²) in [6, 6.07) is 0. The fourth-order valence-corrected chi connectivity index (χ4v) is 10.7. The van der Waals surface area contributed by atoms with Crippen LogP contribution in [0, 0.1) is 0 Å². The van der Waals surface area contributed by atoms with Crippen molar-refractivity contribution < 1.29 is 93.9 Å². The number of imidazole rings is 1. The average molecular weight is 913 g/mol. The minimum Gasteiger partial charge on any atom is -0.387 e. The van der Waals surface area contributed by atoms with Crippen molar-refractivity contribution in [1.82, 2.24) is 24.1 Å². The molecule has 12 atom stereocenters. The average Bonchev–Trinajstić information content (AvgIpc) is 3.69. The first kappa shape index (κ1) is 45.9. The normalized spacial score (nSPS) is 29.3. The van der Waals surface area contributed by atoms with E-state index in [4.69, 9.17) is 25.7 Å². The molecule has 7 unspecified atom stereocenters. The Labute approximate surface area is 322 Å². The fraction of sp³-hybridized carbons (Fsp3) is 0.542. The Kier molecular flexibility index (Phi) is 13.8. The summed E-state index contributed by atoms with van der Waals surface area (Å²) < 4.78 is 90.2. The van der Waals surface area contributed by atoms with Crippen molar-refractivity contribution in [1.29, 1.82) is 0 Å². The summed E-state index contributed by atoms with van der Waals surface area (Å²) >= 11 is 0.